The van der Waals surface area contributed by atoms with Crippen molar-refractivity contribution in [2.24, 2.45) is 0 Å². The van der Waals surface area contributed by atoms with Crippen LogP contribution in [0.3, 0.4) is 0 Å². The Morgan fingerprint density at radius 3 is 2.41 bits per heavy atom. The molecule has 0 aliphatic rings. The van der Waals surface area contributed by atoms with Crippen molar-refractivity contribution >= 4 is 28.2 Å². The van der Waals surface area contributed by atoms with E-state index >= 15 is 0 Å². The molecule has 4 aromatic rings. The molecule has 0 unspecified atom stereocenters. The van der Waals surface area contributed by atoms with Crippen LogP contribution in [0.25, 0.3) is 27.9 Å². The molecule has 0 aliphatic carbocycles. The zero-order valence-electron chi connectivity index (χ0n) is 12.3. The van der Waals surface area contributed by atoms with Crippen LogP contribution in [0.4, 0.5) is 0 Å². The van der Waals surface area contributed by atoms with E-state index in [0.717, 1.165) is 39.3 Å². The Morgan fingerprint density at radius 2 is 1.64 bits per heavy atom. The van der Waals surface area contributed by atoms with Crippen LogP contribution in [0.2, 0.25) is 5.02 Å². The van der Waals surface area contributed by atoms with Crippen molar-refractivity contribution in [3.63, 3.8) is 0 Å². The highest BCUT2D eigenvalue weighted by Crippen LogP contribution is 2.29. The maximum atomic E-state index is 6.20. The fraction of sp³-hybridized carbons (Fsp3) is 0.111. The molecule has 22 heavy (non-hydrogen) atoms. The predicted molar refractivity (Wildman–Crippen MR) is 90.4 cm³/mol. The van der Waals surface area contributed by atoms with Crippen LogP contribution in [0.1, 0.15) is 11.4 Å². The number of fused-ring (bicyclic) bond motifs is 3. The molecule has 0 spiro atoms. The third-order valence-corrected chi connectivity index (χ3v) is 4.13. The van der Waals surface area contributed by atoms with Crippen LogP contribution in [0.5, 0.6) is 0 Å². The van der Waals surface area contributed by atoms with Gasteiger partial charge in [-0.1, -0.05) is 41.9 Å². The molecule has 4 rings (SSSR count). The quantitative estimate of drug-likeness (QED) is 0.504. The van der Waals surface area contributed by atoms with Crippen LogP contribution in [0.15, 0.2) is 48.5 Å². The second-order valence-electron chi connectivity index (χ2n) is 5.40. The van der Waals surface area contributed by atoms with E-state index in [1.54, 1.807) is 0 Å². The highest BCUT2D eigenvalue weighted by molar-refractivity contribution is 6.31. The van der Waals surface area contributed by atoms with Gasteiger partial charge in [-0.05, 0) is 32.0 Å². The van der Waals surface area contributed by atoms with Gasteiger partial charge in [0.2, 0.25) is 0 Å². The second-order valence-corrected chi connectivity index (χ2v) is 5.84. The van der Waals surface area contributed by atoms with E-state index in [9.17, 15) is 0 Å². The summed E-state index contributed by atoms with van der Waals surface area (Å²) in [6.45, 7) is 4.04. The lowest BCUT2D eigenvalue weighted by Crippen LogP contribution is -1.97. The highest BCUT2D eigenvalue weighted by Gasteiger charge is 2.15. The predicted octanol–water partition coefficient (Wildman–Crippen LogP) is 4.82. The number of halogens is 1. The first-order valence-corrected chi connectivity index (χ1v) is 7.53. The van der Waals surface area contributed by atoms with Crippen molar-refractivity contribution in [1.82, 2.24) is 14.4 Å². The number of nitrogens with zero attached hydrogens (tertiary/aromatic N) is 3. The molecule has 0 amide bonds. The van der Waals surface area contributed by atoms with Gasteiger partial charge in [0.15, 0.2) is 0 Å². The van der Waals surface area contributed by atoms with E-state index in [1.807, 2.05) is 50.2 Å². The summed E-state index contributed by atoms with van der Waals surface area (Å²) in [5, 5.41) is 0.699. The number of aromatic nitrogens is 3. The summed E-state index contributed by atoms with van der Waals surface area (Å²) in [7, 11) is 0. The fourth-order valence-electron chi connectivity index (χ4n) is 2.97. The third-order valence-electron chi connectivity index (χ3n) is 3.89. The highest BCUT2D eigenvalue weighted by atomic mass is 35.5. The molecule has 0 saturated carbocycles. The van der Waals surface area contributed by atoms with E-state index in [-0.39, 0.29) is 0 Å². The molecule has 0 atom stereocenters. The van der Waals surface area contributed by atoms with Gasteiger partial charge in [-0.25, -0.2) is 9.97 Å². The Morgan fingerprint density at radius 1 is 0.909 bits per heavy atom. The standard InChI is InChI=1S/C18H14ClN3/c1-11-17-12(2)21-18(13-6-4-3-5-7-13)22(17)16-10-14(19)8-9-15(16)20-11/h3-10H,1-2H3. The van der Waals surface area contributed by atoms with Crippen LogP contribution in [0, 0.1) is 13.8 Å². The molecule has 0 N–H and O–H groups in total. The second kappa shape index (κ2) is 4.82. The van der Waals surface area contributed by atoms with Crippen molar-refractivity contribution in [1.29, 1.82) is 0 Å². The van der Waals surface area contributed by atoms with Crippen LogP contribution < -0.4 is 0 Å². The summed E-state index contributed by atoms with van der Waals surface area (Å²) in [4.78, 5) is 9.47. The lowest BCUT2D eigenvalue weighted by molar-refractivity contribution is 1.16. The Bertz CT molecular complexity index is 1000. The SMILES string of the molecule is Cc1nc(-c2ccccc2)n2c1c(C)nc1ccc(Cl)cc12. The maximum Gasteiger partial charge on any atom is 0.145 e. The van der Waals surface area contributed by atoms with E-state index in [2.05, 4.69) is 16.5 Å². The minimum Gasteiger partial charge on any atom is -0.289 e. The Labute approximate surface area is 133 Å². The lowest BCUT2D eigenvalue weighted by Gasteiger charge is -2.08. The molecule has 0 fully saturated rings. The first-order chi connectivity index (χ1) is 10.6. The Balaban J connectivity index is 2.23. The van der Waals surface area contributed by atoms with E-state index in [4.69, 9.17) is 21.6 Å². The average molecular weight is 308 g/mol. The van der Waals surface area contributed by atoms with E-state index in [1.165, 1.54) is 0 Å². The van der Waals surface area contributed by atoms with Gasteiger partial charge in [0.25, 0.3) is 0 Å². The normalized spacial score (nSPS) is 11.4. The number of aryl methyl sites for hydroxylation is 2. The van der Waals surface area contributed by atoms with Gasteiger partial charge in [-0.2, -0.15) is 0 Å². The van der Waals surface area contributed by atoms with Crippen molar-refractivity contribution < 1.29 is 0 Å². The molecule has 0 saturated heterocycles. The smallest absolute Gasteiger partial charge is 0.145 e. The average Bonchev–Trinajstić information content (AvgIpc) is 2.88. The third kappa shape index (κ3) is 1.90. The number of benzene rings is 2. The number of rotatable bonds is 1. The molecule has 4 heteroatoms. The van der Waals surface area contributed by atoms with Crippen LogP contribution in [-0.4, -0.2) is 14.4 Å². The van der Waals surface area contributed by atoms with Crippen LogP contribution in [-0.2, 0) is 0 Å². The summed E-state index contributed by atoms with van der Waals surface area (Å²) < 4.78 is 2.16. The minimum absolute atomic E-state index is 0.699. The maximum absolute atomic E-state index is 6.20. The zero-order chi connectivity index (χ0) is 15.3. The zero-order valence-corrected chi connectivity index (χ0v) is 13.1. The van der Waals surface area contributed by atoms with Gasteiger partial charge < -0.3 is 0 Å². The lowest BCUT2D eigenvalue weighted by atomic mass is 10.2. The minimum atomic E-state index is 0.699. The molecule has 108 valence electrons. The van der Waals surface area contributed by atoms with E-state index < -0.39 is 0 Å². The number of imidazole rings is 1. The molecular formula is C18H14ClN3. The van der Waals surface area contributed by atoms with Crippen molar-refractivity contribution in [2.75, 3.05) is 0 Å². The van der Waals surface area contributed by atoms with E-state index in [0.29, 0.717) is 5.02 Å². The summed E-state index contributed by atoms with van der Waals surface area (Å²) in [6, 6.07) is 16.0. The monoisotopic (exact) mass is 307 g/mol. The molecule has 0 bridgehead atoms. The summed E-state index contributed by atoms with van der Waals surface area (Å²) in [5.41, 5.74) is 5.98. The molecule has 2 aromatic carbocycles. The molecule has 2 heterocycles. The molecule has 2 aromatic heterocycles. The van der Waals surface area contributed by atoms with Crippen molar-refractivity contribution in [2.45, 2.75) is 13.8 Å². The summed E-state index contributed by atoms with van der Waals surface area (Å²) >= 11 is 6.20. The van der Waals surface area contributed by atoms with Gasteiger partial charge in [0, 0.05) is 10.6 Å². The van der Waals surface area contributed by atoms with Gasteiger partial charge >= 0.3 is 0 Å². The number of hydrogen-bond acceptors (Lipinski definition) is 2. The largest absolute Gasteiger partial charge is 0.289 e. The van der Waals surface area contributed by atoms with Crippen LogP contribution >= 0.6 is 11.6 Å². The molecule has 0 radical (unpaired) electrons. The van der Waals surface area contributed by atoms with Crippen molar-refractivity contribution in [3.05, 3.63) is 64.9 Å². The summed E-state index contributed by atoms with van der Waals surface area (Å²) in [5.74, 6) is 0.922. The molecule has 3 nitrogen and oxygen atoms in total. The fourth-order valence-corrected chi connectivity index (χ4v) is 3.14. The Kier molecular flexibility index (Phi) is 2.91. The first-order valence-electron chi connectivity index (χ1n) is 7.15. The van der Waals surface area contributed by atoms with Crippen molar-refractivity contribution in [3.8, 4) is 11.4 Å². The van der Waals surface area contributed by atoms with Gasteiger partial charge in [0.1, 0.15) is 5.82 Å². The topological polar surface area (TPSA) is 30.2 Å². The van der Waals surface area contributed by atoms with Gasteiger partial charge in [-0.15, -0.1) is 0 Å². The molecular weight excluding hydrogens is 294 g/mol. The molecule has 0 aliphatic heterocycles. The Hall–Kier alpha value is -2.39. The van der Waals surface area contributed by atoms with Gasteiger partial charge in [-0.3, -0.25) is 4.40 Å². The first kappa shape index (κ1) is 13.3. The van der Waals surface area contributed by atoms with Gasteiger partial charge in [0.05, 0.1) is 27.9 Å². The number of hydrogen-bond donors (Lipinski definition) is 0. The summed E-state index contributed by atoms with van der Waals surface area (Å²) in [6.07, 6.45) is 0.